The van der Waals surface area contributed by atoms with E-state index in [0.29, 0.717) is 25.1 Å². The van der Waals surface area contributed by atoms with Crippen LogP contribution in [0.1, 0.15) is 40.2 Å². The third-order valence-corrected chi connectivity index (χ3v) is 6.32. The second-order valence-corrected chi connectivity index (χ2v) is 9.07. The third-order valence-electron chi connectivity index (χ3n) is 6.32. The molecule has 0 saturated carbocycles. The summed E-state index contributed by atoms with van der Waals surface area (Å²) in [5.74, 6) is 2.42. The fraction of sp³-hybridized carbons (Fsp3) is 0.290. The zero-order valence-electron chi connectivity index (χ0n) is 21.7. The highest BCUT2D eigenvalue weighted by Gasteiger charge is 2.12. The number of amides is 1. The fourth-order valence-corrected chi connectivity index (χ4v) is 4.34. The number of allylic oxidation sites excluding steroid dienone is 1. The number of carbonyl (C=O) groups is 1. The maximum Gasteiger partial charge on any atom is 0.251 e. The number of fused-ring (bicyclic) bond motifs is 1. The Balaban J connectivity index is 1.32. The largest absolute Gasteiger partial charge is 0.493 e. The van der Waals surface area contributed by atoms with Crippen LogP contribution in [0.2, 0.25) is 0 Å². The highest BCUT2D eigenvalue weighted by molar-refractivity contribution is 5.94. The normalized spacial score (nSPS) is 10.9. The first-order valence-corrected chi connectivity index (χ1v) is 12.8. The number of rotatable bonds is 13. The molecular formula is C31H35N3O3. The average Bonchev–Trinajstić information content (AvgIpc) is 3.26. The standard InChI is InChI=1S/C31H35N3O3/c1-4-9-24-14-17-28(29(22-24)36-3)37-21-8-7-20-34-27-11-6-5-10-26(27)33-30(34)18-19-32-31(35)25-15-12-23(2)13-16-25/h4-6,10-17,22H,1,7-9,18-21H2,2-3H3,(H,32,35). The Morgan fingerprint density at radius 3 is 2.65 bits per heavy atom. The van der Waals surface area contributed by atoms with Gasteiger partial charge in [-0.3, -0.25) is 4.79 Å². The van der Waals surface area contributed by atoms with Crippen LogP contribution in [0.25, 0.3) is 11.0 Å². The van der Waals surface area contributed by atoms with Crippen molar-refractivity contribution in [2.75, 3.05) is 20.3 Å². The Kier molecular flexibility index (Phi) is 8.98. The number of methoxy groups -OCH3 is 1. The number of nitrogens with one attached hydrogen (secondary N) is 1. The van der Waals surface area contributed by atoms with E-state index in [9.17, 15) is 4.79 Å². The molecule has 4 aromatic rings. The summed E-state index contributed by atoms with van der Waals surface area (Å²) in [5.41, 5.74) is 5.04. The van der Waals surface area contributed by atoms with Gasteiger partial charge < -0.3 is 19.4 Å². The molecule has 0 spiro atoms. The monoisotopic (exact) mass is 497 g/mol. The Hall–Kier alpha value is -4.06. The first-order chi connectivity index (χ1) is 18.1. The second-order valence-electron chi connectivity index (χ2n) is 9.07. The molecule has 0 atom stereocenters. The molecule has 1 amide bonds. The molecule has 0 unspecified atom stereocenters. The lowest BCUT2D eigenvalue weighted by molar-refractivity contribution is 0.0954. The minimum atomic E-state index is -0.0623. The van der Waals surface area contributed by atoms with Crippen LogP contribution in [-0.2, 0) is 19.4 Å². The van der Waals surface area contributed by atoms with Gasteiger partial charge in [-0.05, 0) is 68.1 Å². The van der Waals surface area contributed by atoms with E-state index in [1.165, 1.54) is 0 Å². The van der Waals surface area contributed by atoms with E-state index < -0.39 is 0 Å². The first-order valence-electron chi connectivity index (χ1n) is 12.8. The number of benzene rings is 3. The lowest BCUT2D eigenvalue weighted by atomic mass is 10.1. The van der Waals surface area contributed by atoms with Gasteiger partial charge in [0.25, 0.3) is 5.91 Å². The van der Waals surface area contributed by atoms with Crippen LogP contribution in [-0.4, -0.2) is 35.7 Å². The predicted molar refractivity (Wildman–Crippen MR) is 149 cm³/mol. The van der Waals surface area contributed by atoms with Gasteiger partial charge in [0.2, 0.25) is 0 Å². The van der Waals surface area contributed by atoms with Crippen molar-refractivity contribution in [2.24, 2.45) is 0 Å². The highest BCUT2D eigenvalue weighted by Crippen LogP contribution is 2.28. The summed E-state index contributed by atoms with van der Waals surface area (Å²) in [6.07, 6.45) is 5.18. The molecule has 0 fully saturated rings. The minimum absolute atomic E-state index is 0.0623. The quantitative estimate of drug-likeness (QED) is 0.184. The molecule has 1 aromatic heterocycles. The number of ether oxygens (including phenoxy) is 2. The molecule has 6 nitrogen and oxygen atoms in total. The number of para-hydroxylation sites is 2. The molecule has 0 aliphatic rings. The fourth-order valence-electron chi connectivity index (χ4n) is 4.34. The molecule has 6 heteroatoms. The van der Waals surface area contributed by atoms with Gasteiger partial charge in [0.15, 0.2) is 11.5 Å². The second kappa shape index (κ2) is 12.8. The summed E-state index contributed by atoms with van der Waals surface area (Å²) in [5, 5.41) is 3.03. The molecule has 37 heavy (non-hydrogen) atoms. The van der Waals surface area contributed by atoms with Crippen molar-refractivity contribution < 1.29 is 14.3 Å². The van der Waals surface area contributed by atoms with Gasteiger partial charge >= 0.3 is 0 Å². The lowest BCUT2D eigenvalue weighted by Gasteiger charge is -2.13. The van der Waals surface area contributed by atoms with Gasteiger partial charge in [-0.1, -0.05) is 42.0 Å². The van der Waals surface area contributed by atoms with E-state index in [4.69, 9.17) is 14.5 Å². The highest BCUT2D eigenvalue weighted by atomic mass is 16.5. The summed E-state index contributed by atoms with van der Waals surface area (Å²) >= 11 is 0. The van der Waals surface area contributed by atoms with E-state index in [1.807, 2.05) is 73.7 Å². The molecule has 4 rings (SSSR count). The van der Waals surface area contributed by atoms with Crippen molar-refractivity contribution in [2.45, 2.75) is 39.2 Å². The summed E-state index contributed by atoms with van der Waals surface area (Å²) < 4.78 is 13.8. The zero-order chi connectivity index (χ0) is 26.0. The molecule has 0 aliphatic heterocycles. The first kappa shape index (κ1) is 26.0. The van der Waals surface area contributed by atoms with Crippen LogP contribution in [0.5, 0.6) is 11.5 Å². The van der Waals surface area contributed by atoms with Crippen molar-refractivity contribution in [3.63, 3.8) is 0 Å². The van der Waals surface area contributed by atoms with Crippen LogP contribution in [0.15, 0.2) is 79.4 Å². The zero-order valence-corrected chi connectivity index (χ0v) is 21.7. The van der Waals surface area contributed by atoms with E-state index in [2.05, 4.69) is 22.5 Å². The van der Waals surface area contributed by atoms with Gasteiger partial charge in [0, 0.05) is 25.1 Å². The molecule has 1 heterocycles. The van der Waals surface area contributed by atoms with E-state index in [-0.39, 0.29) is 5.91 Å². The van der Waals surface area contributed by atoms with Crippen LogP contribution in [0, 0.1) is 6.92 Å². The average molecular weight is 498 g/mol. The lowest BCUT2D eigenvalue weighted by Crippen LogP contribution is -2.26. The topological polar surface area (TPSA) is 65.4 Å². The van der Waals surface area contributed by atoms with Crippen molar-refractivity contribution in [3.8, 4) is 11.5 Å². The Morgan fingerprint density at radius 1 is 1.05 bits per heavy atom. The van der Waals surface area contributed by atoms with Crippen LogP contribution >= 0.6 is 0 Å². The predicted octanol–water partition coefficient (Wildman–Crippen LogP) is 5.91. The number of hydrogen-bond acceptors (Lipinski definition) is 4. The number of aryl methyl sites for hydroxylation is 2. The Morgan fingerprint density at radius 2 is 1.86 bits per heavy atom. The summed E-state index contributed by atoms with van der Waals surface area (Å²) in [6, 6.07) is 21.8. The molecule has 0 bridgehead atoms. The number of nitrogens with zero attached hydrogens (tertiary/aromatic N) is 2. The number of carbonyl (C=O) groups excluding carboxylic acids is 1. The Bertz CT molecular complexity index is 1340. The number of unbranched alkanes of at least 4 members (excludes halogenated alkanes) is 1. The van der Waals surface area contributed by atoms with Gasteiger partial charge in [0.1, 0.15) is 5.82 Å². The molecule has 0 aliphatic carbocycles. The third kappa shape index (κ3) is 6.79. The Labute approximate surface area is 218 Å². The van der Waals surface area contributed by atoms with Gasteiger partial charge in [-0.2, -0.15) is 0 Å². The van der Waals surface area contributed by atoms with Crippen molar-refractivity contribution in [1.82, 2.24) is 14.9 Å². The number of hydrogen-bond donors (Lipinski definition) is 1. The van der Waals surface area contributed by atoms with E-state index >= 15 is 0 Å². The van der Waals surface area contributed by atoms with Crippen molar-refractivity contribution >= 4 is 16.9 Å². The smallest absolute Gasteiger partial charge is 0.251 e. The molecular weight excluding hydrogens is 462 g/mol. The van der Waals surface area contributed by atoms with Gasteiger partial charge in [-0.15, -0.1) is 6.58 Å². The van der Waals surface area contributed by atoms with Gasteiger partial charge in [0.05, 0.1) is 24.8 Å². The van der Waals surface area contributed by atoms with E-state index in [1.54, 1.807) is 7.11 Å². The molecule has 0 saturated heterocycles. The van der Waals surface area contributed by atoms with Gasteiger partial charge in [-0.25, -0.2) is 4.98 Å². The summed E-state index contributed by atoms with van der Waals surface area (Å²) in [4.78, 5) is 17.3. The molecule has 192 valence electrons. The van der Waals surface area contributed by atoms with E-state index in [0.717, 1.165) is 65.3 Å². The van der Waals surface area contributed by atoms with Crippen LogP contribution in [0.4, 0.5) is 0 Å². The molecule has 0 radical (unpaired) electrons. The maximum atomic E-state index is 12.5. The molecule has 1 N–H and O–H groups in total. The van der Waals surface area contributed by atoms with Crippen LogP contribution < -0.4 is 14.8 Å². The number of imidazole rings is 1. The van der Waals surface area contributed by atoms with Crippen molar-refractivity contribution in [1.29, 1.82) is 0 Å². The summed E-state index contributed by atoms with van der Waals surface area (Å²) in [6.45, 7) is 7.77. The van der Waals surface area contributed by atoms with Crippen LogP contribution in [0.3, 0.4) is 0 Å². The SMILES string of the molecule is C=CCc1ccc(OCCCCn2c(CCNC(=O)c3ccc(C)cc3)nc3ccccc32)c(OC)c1. The minimum Gasteiger partial charge on any atom is -0.493 e. The van der Waals surface area contributed by atoms with Crippen molar-refractivity contribution in [3.05, 3.63) is 102 Å². The maximum absolute atomic E-state index is 12.5. The summed E-state index contributed by atoms with van der Waals surface area (Å²) in [7, 11) is 1.66. The number of aromatic nitrogens is 2. The molecule has 3 aromatic carbocycles.